The molecule has 0 saturated carbocycles. The maximum Gasteiger partial charge on any atom is 0.271 e. The van der Waals surface area contributed by atoms with E-state index in [-0.39, 0.29) is 11.8 Å². The first-order valence-electron chi connectivity index (χ1n) is 10.5. The molecule has 9 nitrogen and oxygen atoms in total. The maximum absolute atomic E-state index is 12.4. The van der Waals surface area contributed by atoms with Crippen LogP contribution in [0.15, 0.2) is 36.0 Å². The molecule has 0 bridgehead atoms. The van der Waals surface area contributed by atoms with Gasteiger partial charge in [-0.25, -0.2) is 15.0 Å². The number of nitrogens with zero attached hydrogens (tertiary/aromatic N) is 6. The minimum atomic E-state index is -0.231. The molecule has 1 fully saturated rings. The summed E-state index contributed by atoms with van der Waals surface area (Å²) in [6, 6.07) is 7.80. The van der Waals surface area contributed by atoms with Gasteiger partial charge in [-0.05, 0) is 44.0 Å². The van der Waals surface area contributed by atoms with Crippen molar-refractivity contribution in [2.45, 2.75) is 32.2 Å². The summed E-state index contributed by atoms with van der Waals surface area (Å²) in [5.74, 6) is 1.40. The van der Waals surface area contributed by atoms with Crippen LogP contribution >= 0.6 is 11.3 Å². The van der Waals surface area contributed by atoms with Gasteiger partial charge in [-0.1, -0.05) is 0 Å². The topological polar surface area (TPSA) is 120 Å². The number of anilines is 2. The largest absolute Gasteiger partial charge is 0.347 e. The number of carbonyl (C=O) groups is 1. The third-order valence-electron chi connectivity index (χ3n) is 5.21. The number of hydrogen-bond donors (Lipinski definition) is 2. The summed E-state index contributed by atoms with van der Waals surface area (Å²) >= 11 is 1.35. The van der Waals surface area contributed by atoms with E-state index in [0.29, 0.717) is 29.7 Å². The molecule has 1 atom stereocenters. The van der Waals surface area contributed by atoms with Gasteiger partial charge in [0.15, 0.2) is 5.13 Å². The SMILES string of the molecule is Cc1cc(Nc2nc(C(=O)NCc3ccncc3)cs2)nc(C2CCCN(CC#N)C2)n1. The van der Waals surface area contributed by atoms with Crippen molar-refractivity contribution in [1.82, 2.24) is 30.2 Å². The maximum atomic E-state index is 12.4. The number of aryl methyl sites for hydroxylation is 1. The van der Waals surface area contributed by atoms with Crippen LogP contribution in [0.4, 0.5) is 10.9 Å². The van der Waals surface area contributed by atoms with Crippen molar-refractivity contribution in [3.8, 4) is 6.07 Å². The van der Waals surface area contributed by atoms with Gasteiger partial charge in [-0.3, -0.25) is 14.7 Å². The van der Waals surface area contributed by atoms with Gasteiger partial charge >= 0.3 is 0 Å². The number of thiazole rings is 1. The summed E-state index contributed by atoms with van der Waals surface area (Å²) in [7, 11) is 0. The van der Waals surface area contributed by atoms with Gasteiger partial charge in [-0.2, -0.15) is 5.26 Å². The number of carbonyl (C=O) groups excluding carboxylic acids is 1. The Morgan fingerprint density at radius 3 is 2.97 bits per heavy atom. The summed E-state index contributed by atoms with van der Waals surface area (Å²) in [5.41, 5.74) is 2.20. The first-order chi connectivity index (χ1) is 15.6. The highest BCUT2D eigenvalue weighted by Gasteiger charge is 2.24. The van der Waals surface area contributed by atoms with Crippen LogP contribution in [-0.4, -0.2) is 50.4 Å². The van der Waals surface area contributed by atoms with E-state index in [1.54, 1.807) is 17.8 Å². The van der Waals surface area contributed by atoms with Crippen molar-refractivity contribution in [2.75, 3.05) is 25.0 Å². The van der Waals surface area contributed by atoms with Crippen molar-refractivity contribution < 1.29 is 4.79 Å². The van der Waals surface area contributed by atoms with Gasteiger partial charge in [-0.15, -0.1) is 11.3 Å². The number of likely N-dealkylation sites (tertiary alicyclic amines) is 1. The second-order valence-electron chi connectivity index (χ2n) is 7.69. The number of amides is 1. The molecule has 4 rings (SSSR count). The van der Waals surface area contributed by atoms with Crippen LogP contribution < -0.4 is 10.6 Å². The molecule has 1 saturated heterocycles. The molecule has 0 spiro atoms. The molecule has 1 unspecified atom stereocenters. The molecule has 4 heterocycles. The lowest BCUT2D eigenvalue weighted by atomic mass is 9.97. The molecular formula is C22H24N8OS. The van der Waals surface area contributed by atoms with Crippen LogP contribution in [-0.2, 0) is 6.54 Å². The van der Waals surface area contributed by atoms with Crippen LogP contribution in [0.2, 0.25) is 0 Å². The number of pyridine rings is 1. The lowest BCUT2D eigenvalue weighted by Gasteiger charge is -2.30. The van der Waals surface area contributed by atoms with E-state index < -0.39 is 0 Å². The first kappa shape index (κ1) is 21.8. The quantitative estimate of drug-likeness (QED) is 0.529. The van der Waals surface area contributed by atoms with Gasteiger partial charge in [0.25, 0.3) is 5.91 Å². The number of nitriles is 1. The van der Waals surface area contributed by atoms with Gasteiger partial charge < -0.3 is 10.6 Å². The zero-order valence-corrected chi connectivity index (χ0v) is 18.6. The van der Waals surface area contributed by atoms with Gasteiger partial charge in [0, 0.05) is 48.5 Å². The summed E-state index contributed by atoms with van der Waals surface area (Å²) in [6.07, 6.45) is 5.41. The van der Waals surface area contributed by atoms with E-state index in [0.717, 1.165) is 43.0 Å². The van der Waals surface area contributed by atoms with Gasteiger partial charge in [0.05, 0.1) is 12.6 Å². The lowest BCUT2D eigenvalue weighted by Crippen LogP contribution is -2.35. The molecule has 10 heteroatoms. The highest BCUT2D eigenvalue weighted by atomic mass is 32.1. The Bertz CT molecular complexity index is 1110. The average Bonchev–Trinajstić information content (AvgIpc) is 3.27. The minimum absolute atomic E-state index is 0.198. The predicted octanol–water partition coefficient (Wildman–Crippen LogP) is 3.01. The van der Waals surface area contributed by atoms with Crippen molar-refractivity contribution in [1.29, 1.82) is 5.26 Å². The molecule has 0 radical (unpaired) electrons. The fourth-order valence-corrected chi connectivity index (χ4v) is 4.36. The van der Waals surface area contributed by atoms with E-state index in [1.807, 2.05) is 25.1 Å². The Labute approximate surface area is 190 Å². The smallest absolute Gasteiger partial charge is 0.271 e. The molecule has 0 aromatic carbocycles. The first-order valence-corrected chi connectivity index (χ1v) is 11.3. The van der Waals surface area contributed by atoms with Crippen molar-refractivity contribution in [2.24, 2.45) is 0 Å². The third-order valence-corrected chi connectivity index (χ3v) is 5.97. The molecule has 3 aromatic heterocycles. The number of rotatable bonds is 7. The lowest BCUT2D eigenvalue weighted by molar-refractivity contribution is 0.0946. The number of hydrogen-bond acceptors (Lipinski definition) is 9. The molecule has 32 heavy (non-hydrogen) atoms. The molecule has 164 valence electrons. The molecule has 1 aliphatic rings. The highest BCUT2D eigenvalue weighted by molar-refractivity contribution is 7.14. The molecule has 0 aliphatic carbocycles. The van der Waals surface area contributed by atoms with Crippen molar-refractivity contribution >= 4 is 28.2 Å². The zero-order chi connectivity index (χ0) is 22.3. The Kier molecular flexibility index (Phi) is 6.99. The summed E-state index contributed by atoms with van der Waals surface area (Å²) < 4.78 is 0. The zero-order valence-electron chi connectivity index (χ0n) is 17.8. The Morgan fingerprint density at radius 2 is 2.16 bits per heavy atom. The molecule has 2 N–H and O–H groups in total. The van der Waals surface area contributed by atoms with Crippen LogP contribution in [0.25, 0.3) is 0 Å². The second kappa shape index (κ2) is 10.3. The van der Waals surface area contributed by atoms with Gasteiger partial charge in [0.2, 0.25) is 0 Å². The standard InChI is InChI=1S/C22H24N8OS/c1-15-11-19(28-20(26-15)17-3-2-9-30(13-17)10-6-23)29-22-27-18(14-32-22)21(31)25-12-16-4-7-24-8-5-16/h4-5,7-8,11,14,17H,2-3,9-10,12-13H2,1H3,(H,25,31)(H,26,27,28,29). The molecular weight excluding hydrogens is 424 g/mol. The minimum Gasteiger partial charge on any atom is -0.347 e. The van der Waals surface area contributed by atoms with E-state index in [2.05, 4.69) is 36.6 Å². The normalized spacial score (nSPS) is 16.3. The third kappa shape index (κ3) is 5.63. The molecule has 1 amide bonds. The summed E-state index contributed by atoms with van der Waals surface area (Å²) in [4.78, 5) is 32.3. The number of piperidine rings is 1. The monoisotopic (exact) mass is 448 g/mol. The second-order valence-corrected chi connectivity index (χ2v) is 8.54. The van der Waals surface area contributed by atoms with Crippen molar-refractivity contribution in [3.63, 3.8) is 0 Å². The summed E-state index contributed by atoms with van der Waals surface area (Å²) in [6.45, 7) is 4.51. The molecule has 3 aromatic rings. The fourth-order valence-electron chi connectivity index (χ4n) is 3.67. The van der Waals surface area contributed by atoms with Crippen LogP contribution in [0.1, 0.15) is 46.3 Å². The predicted molar refractivity (Wildman–Crippen MR) is 122 cm³/mol. The summed E-state index contributed by atoms with van der Waals surface area (Å²) in [5, 5.41) is 17.4. The Balaban J connectivity index is 1.41. The molecule has 1 aliphatic heterocycles. The van der Waals surface area contributed by atoms with E-state index >= 15 is 0 Å². The van der Waals surface area contributed by atoms with Crippen LogP contribution in [0, 0.1) is 18.3 Å². The Morgan fingerprint density at radius 1 is 1.31 bits per heavy atom. The van der Waals surface area contributed by atoms with E-state index in [9.17, 15) is 4.79 Å². The van der Waals surface area contributed by atoms with E-state index in [1.165, 1.54) is 11.3 Å². The number of aromatic nitrogens is 4. The number of nitrogens with one attached hydrogen (secondary N) is 2. The average molecular weight is 449 g/mol. The Hall–Kier alpha value is -3.42. The fraction of sp³-hybridized carbons (Fsp3) is 0.364. The van der Waals surface area contributed by atoms with Crippen molar-refractivity contribution in [3.05, 3.63) is 58.7 Å². The van der Waals surface area contributed by atoms with E-state index in [4.69, 9.17) is 10.2 Å². The van der Waals surface area contributed by atoms with Gasteiger partial charge in [0.1, 0.15) is 17.3 Å². The van der Waals surface area contributed by atoms with Crippen LogP contribution in [0.3, 0.4) is 0 Å². The van der Waals surface area contributed by atoms with Crippen LogP contribution in [0.5, 0.6) is 0 Å². The highest BCUT2D eigenvalue weighted by Crippen LogP contribution is 2.27.